The van der Waals surface area contributed by atoms with Gasteiger partial charge in [0.25, 0.3) is 0 Å². The predicted molar refractivity (Wildman–Crippen MR) is 101 cm³/mol. The number of primary amides is 1. The second-order valence-electron chi connectivity index (χ2n) is 7.42. The van der Waals surface area contributed by atoms with Crippen LogP contribution < -0.4 is 5.73 Å². The SMILES string of the molecule is N#CC(=CCCC(N)=O)CN1CCCC2c3cccc4[nH]cc(c34)C[C@H]21. The largest absolute Gasteiger partial charge is 0.370 e. The highest BCUT2D eigenvalue weighted by atomic mass is 16.1. The summed E-state index contributed by atoms with van der Waals surface area (Å²) < 4.78 is 0. The summed E-state index contributed by atoms with van der Waals surface area (Å²) in [5.74, 6) is 0.207. The Hall–Kier alpha value is -2.58. The average Bonchev–Trinajstić information content (AvgIpc) is 3.06. The van der Waals surface area contributed by atoms with Gasteiger partial charge in [0, 0.05) is 47.6 Å². The van der Waals surface area contributed by atoms with Crippen LogP contribution in [0.1, 0.15) is 42.7 Å². The molecule has 2 aromatic rings. The number of aromatic amines is 1. The summed E-state index contributed by atoms with van der Waals surface area (Å²) in [5, 5.41) is 10.9. The van der Waals surface area contributed by atoms with Crippen molar-refractivity contribution in [1.29, 1.82) is 5.26 Å². The highest BCUT2D eigenvalue weighted by molar-refractivity contribution is 5.88. The highest BCUT2D eigenvalue weighted by Gasteiger charge is 2.37. The third-order valence-corrected chi connectivity index (χ3v) is 5.84. The van der Waals surface area contributed by atoms with Gasteiger partial charge in [-0.25, -0.2) is 0 Å². The zero-order valence-corrected chi connectivity index (χ0v) is 14.9. The third-order valence-electron chi connectivity index (χ3n) is 5.84. The molecule has 1 aliphatic heterocycles. The maximum Gasteiger partial charge on any atom is 0.217 e. The molecular formula is C21H24N4O. The first-order valence-electron chi connectivity index (χ1n) is 9.37. The number of nitrogens with zero attached hydrogens (tertiary/aromatic N) is 2. The molecule has 5 nitrogen and oxygen atoms in total. The van der Waals surface area contributed by atoms with E-state index in [9.17, 15) is 10.1 Å². The van der Waals surface area contributed by atoms with Crippen LogP contribution in [0.15, 0.2) is 36.0 Å². The van der Waals surface area contributed by atoms with Crippen LogP contribution in [-0.4, -0.2) is 34.9 Å². The fourth-order valence-corrected chi connectivity index (χ4v) is 4.69. The fraction of sp³-hybridized carbons (Fsp3) is 0.429. The minimum atomic E-state index is -0.322. The van der Waals surface area contributed by atoms with Crippen molar-refractivity contribution < 1.29 is 4.79 Å². The second-order valence-corrected chi connectivity index (χ2v) is 7.42. The number of hydrogen-bond acceptors (Lipinski definition) is 3. The number of H-pyrrole nitrogens is 1. The lowest BCUT2D eigenvalue weighted by Crippen LogP contribution is -2.47. The molecule has 1 aliphatic carbocycles. The summed E-state index contributed by atoms with van der Waals surface area (Å²) in [6, 6.07) is 9.31. The third kappa shape index (κ3) is 3.02. The van der Waals surface area contributed by atoms with E-state index in [2.05, 4.69) is 40.3 Å². The summed E-state index contributed by atoms with van der Waals surface area (Å²) >= 11 is 0. The zero-order valence-electron chi connectivity index (χ0n) is 14.9. The molecule has 0 radical (unpaired) electrons. The Morgan fingerprint density at radius 2 is 2.35 bits per heavy atom. The van der Waals surface area contributed by atoms with Crippen molar-refractivity contribution in [2.45, 2.75) is 44.1 Å². The number of likely N-dealkylation sites (tertiary alicyclic amines) is 1. The molecule has 1 unspecified atom stereocenters. The van der Waals surface area contributed by atoms with Crippen molar-refractivity contribution in [3.05, 3.63) is 47.2 Å². The number of fused-ring (bicyclic) bond motifs is 2. The number of amides is 1. The molecule has 1 aromatic carbocycles. The number of piperidine rings is 1. The summed E-state index contributed by atoms with van der Waals surface area (Å²) in [4.78, 5) is 16.8. The van der Waals surface area contributed by atoms with E-state index in [4.69, 9.17) is 5.73 Å². The molecule has 5 heteroatoms. The number of benzene rings is 1. The number of carbonyl (C=O) groups is 1. The fourth-order valence-electron chi connectivity index (χ4n) is 4.69. The summed E-state index contributed by atoms with van der Waals surface area (Å²) in [7, 11) is 0. The zero-order chi connectivity index (χ0) is 18.1. The van der Waals surface area contributed by atoms with Crippen molar-refractivity contribution in [3.8, 4) is 6.07 Å². The lowest BCUT2D eigenvalue weighted by atomic mass is 9.75. The van der Waals surface area contributed by atoms with Crippen molar-refractivity contribution in [2.24, 2.45) is 5.73 Å². The van der Waals surface area contributed by atoms with E-state index < -0.39 is 0 Å². The molecule has 134 valence electrons. The van der Waals surface area contributed by atoms with E-state index in [1.165, 1.54) is 28.5 Å². The Morgan fingerprint density at radius 3 is 3.15 bits per heavy atom. The maximum atomic E-state index is 10.9. The number of nitrogens with one attached hydrogen (secondary N) is 1. The lowest BCUT2D eigenvalue weighted by Gasteiger charge is -2.44. The quantitative estimate of drug-likeness (QED) is 0.815. The second kappa shape index (κ2) is 6.97. The number of nitriles is 1. The first kappa shape index (κ1) is 16.9. The van der Waals surface area contributed by atoms with Gasteiger partial charge in [0.05, 0.1) is 6.07 Å². The standard InChI is InChI=1S/C21H24N4O/c22-11-14(4-1-8-20(23)26)13-25-9-3-6-16-17-5-2-7-18-21(17)15(12-24-18)10-19(16)25/h2,4-5,7,12,16,19,24H,1,3,6,8-10,13H2,(H2,23,26)/t16?,19-/m1/s1. The maximum absolute atomic E-state index is 10.9. The van der Waals surface area contributed by atoms with E-state index in [1.807, 2.05) is 6.08 Å². The van der Waals surface area contributed by atoms with Crippen LogP contribution in [0, 0.1) is 11.3 Å². The normalized spacial score (nSPS) is 22.8. The molecule has 2 atom stereocenters. The van der Waals surface area contributed by atoms with E-state index in [1.54, 1.807) is 0 Å². The first-order valence-corrected chi connectivity index (χ1v) is 9.37. The van der Waals surface area contributed by atoms with Crippen LogP contribution in [0.5, 0.6) is 0 Å². The molecule has 0 spiro atoms. The van der Waals surface area contributed by atoms with Gasteiger partial charge in [-0.3, -0.25) is 9.69 Å². The number of nitrogens with two attached hydrogens (primary N) is 1. The molecule has 26 heavy (non-hydrogen) atoms. The van der Waals surface area contributed by atoms with Crippen LogP contribution in [0.25, 0.3) is 10.9 Å². The van der Waals surface area contributed by atoms with Crippen LogP contribution >= 0.6 is 0 Å². The Balaban J connectivity index is 1.56. The summed E-state index contributed by atoms with van der Waals surface area (Å²) in [5.41, 5.74) is 10.0. The van der Waals surface area contributed by atoms with Crippen LogP contribution in [-0.2, 0) is 11.2 Å². The van der Waals surface area contributed by atoms with Crippen molar-refractivity contribution >= 4 is 16.8 Å². The molecule has 1 fully saturated rings. The minimum absolute atomic E-state index is 0.298. The smallest absolute Gasteiger partial charge is 0.217 e. The van der Waals surface area contributed by atoms with Gasteiger partial charge in [0.2, 0.25) is 5.91 Å². The molecule has 1 aromatic heterocycles. The predicted octanol–water partition coefficient (Wildman–Crippen LogP) is 2.99. The van der Waals surface area contributed by atoms with Gasteiger partial charge in [-0.05, 0) is 49.4 Å². The van der Waals surface area contributed by atoms with E-state index >= 15 is 0 Å². The number of hydrogen-bond donors (Lipinski definition) is 2. The van der Waals surface area contributed by atoms with Crippen LogP contribution in [0.2, 0.25) is 0 Å². The summed E-state index contributed by atoms with van der Waals surface area (Å²) in [6.07, 6.45) is 8.25. The number of aromatic nitrogens is 1. The van der Waals surface area contributed by atoms with Gasteiger partial charge >= 0.3 is 0 Å². The molecule has 0 saturated carbocycles. The van der Waals surface area contributed by atoms with Gasteiger partial charge < -0.3 is 10.7 Å². The Kier molecular flexibility index (Phi) is 4.52. The van der Waals surface area contributed by atoms with Crippen molar-refractivity contribution in [3.63, 3.8) is 0 Å². The molecular weight excluding hydrogens is 324 g/mol. The van der Waals surface area contributed by atoms with Gasteiger partial charge in [-0.15, -0.1) is 0 Å². The Labute approximate surface area is 153 Å². The van der Waals surface area contributed by atoms with Crippen LogP contribution in [0.4, 0.5) is 0 Å². The molecule has 4 rings (SSSR count). The van der Waals surface area contributed by atoms with E-state index in [0.717, 1.165) is 25.0 Å². The van der Waals surface area contributed by atoms with Gasteiger partial charge in [0.1, 0.15) is 0 Å². The molecule has 1 saturated heterocycles. The van der Waals surface area contributed by atoms with E-state index in [-0.39, 0.29) is 5.91 Å². The topological polar surface area (TPSA) is 85.9 Å². The van der Waals surface area contributed by atoms with Crippen molar-refractivity contribution in [1.82, 2.24) is 9.88 Å². The molecule has 2 heterocycles. The Morgan fingerprint density at radius 1 is 1.46 bits per heavy atom. The molecule has 1 amide bonds. The van der Waals surface area contributed by atoms with Crippen molar-refractivity contribution in [2.75, 3.05) is 13.1 Å². The number of allylic oxidation sites excluding steroid dienone is 1. The minimum Gasteiger partial charge on any atom is -0.370 e. The van der Waals surface area contributed by atoms with E-state index in [0.29, 0.717) is 31.3 Å². The van der Waals surface area contributed by atoms with Gasteiger partial charge in [-0.1, -0.05) is 18.2 Å². The number of carbonyl (C=O) groups excluding carboxylic acids is 1. The monoisotopic (exact) mass is 348 g/mol. The Bertz CT molecular complexity index is 904. The molecule has 0 bridgehead atoms. The van der Waals surface area contributed by atoms with Crippen LogP contribution in [0.3, 0.4) is 0 Å². The highest BCUT2D eigenvalue weighted by Crippen LogP contribution is 2.43. The molecule has 2 aliphatic rings. The first-order chi connectivity index (χ1) is 12.7. The van der Waals surface area contributed by atoms with Gasteiger partial charge in [0.15, 0.2) is 0 Å². The molecule has 3 N–H and O–H groups in total. The summed E-state index contributed by atoms with van der Waals surface area (Å²) in [6.45, 7) is 1.68. The average molecular weight is 348 g/mol. The lowest BCUT2D eigenvalue weighted by molar-refractivity contribution is -0.117. The number of rotatable bonds is 5. The van der Waals surface area contributed by atoms with Gasteiger partial charge in [-0.2, -0.15) is 5.26 Å².